The molecule has 2 fully saturated rings. The number of ether oxygens (including phenoxy) is 1. The Morgan fingerprint density at radius 3 is 2.50 bits per heavy atom. The Morgan fingerprint density at radius 1 is 1.15 bits per heavy atom. The van der Waals surface area contributed by atoms with Crippen molar-refractivity contribution >= 4 is 0 Å². The van der Waals surface area contributed by atoms with Gasteiger partial charge in [-0.1, -0.05) is 25.7 Å². The van der Waals surface area contributed by atoms with Gasteiger partial charge in [0.25, 0.3) is 0 Å². The zero-order valence-electron chi connectivity index (χ0n) is 13.6. The average Bonchev–Trinajstić information content (AvgIpc) is 2.66. The summed E-state index contributed by atoms with van der Waals surface area (Å²) in [4.78, 5) is 2.59. The van der Waals surface area contributed by atoms with Crippen LogP contribution in [0.2, 0.25) is 0 Å². The van der Waals surface area contributed by atoms with Crippen molar-refractivity contribution in [2.45, 2.75) is 51.4 Å². The topological polar surface area (TPSA) is 24.5 Å². The van der Waals surface area contributed by atoms with Crippen molar-refractivity contribution in [3.05, 3.63) is 0 Å². The first-order valence-corrected chi connectivity index (χ1v) is 8.65. The molecule has 118 valence electrons. The van der Waals surface area contributed by atoms with Gasteiger partial charge in [-0.25, -0.2) is 0 Å². The fraction of sp³-hybridized carbons (Fsp3) is 1.00. The lowest BCUT2D eigenvalue weighted by Gasteiger charge is -2.38. The van der Waals surface area contributed by atoms with Crippen molar-refractivity contribution in [1.29, 1.82) is 0 Å². The monoisotopic (exact) mass is 282 g/mol. The van der Waals surface area contributed by atoms with Crippen LogP contribution in [0.25, 0.3) is 0 Å². The van der Waals surface area contributed by atoms with Crippen LogP contribution in [-0.2, 0) is 4.74 Å². The predicted molar refractivity (Wildman–Crippen MR) is 85.1 cm³/mol. The quantitative estimate of drug-likeness (QED) is 0.758. The van der Waals surface area contributed by atoms with E-state index in [1.54, 1.807) is 0 Å². The maximum Gasteiger partial charge on any atom is 0.0506 e. The maximum atomic E-state index is 5.63. The molecule has 1 aliphatic carbocycles. The van der Waals surface area contributed by atoms with Crippen LogP contribution >= 0.6 is 0 Å². The van der Waals surface area contributed by atoms with Crippen molar-refractivity contribution < 1.29 is 4.74 Å². The van der Waals surface area contributed by atoms with Gasteiger partial charge in [0.1, 0.15) is 0 Å². The number of rotatable bonds is 6. The molecule has 0 aromatic rings. The van der Waals surface area contributed by atoms with Gasteiger partial charge in [0.15, 0.2) is 0 Å². The van der Waals surface area contributed by atoms with Crippen LogP contribution in [0, 0.1) is 11.3 Å². The highest BCUT2D eigenvalue weighted by Gasteiger charge is 2.32. The molecule has 0 aromatic carbocycles. The first kappa shape index (κ1) is 16.3. The zero-order chi connectivity index (χ0) is 14.3. The van der Waals surface area contributed by atoms with E-state index in [4.69, 9.17) is 4.74 Å². The summed E-state index contributed by atoms with van der Waals surface area (Å²) >= 11 is 0. The molecule has 1 aliphatic heterocycles. The van der Waals surface area contributed by atoms with Crippen LogP contribution in [-0.4, -0.2) is 51.8 Å². The molecule has 1 N–H and O–H groups in total. The second-order valence-corrected chi connectivity index (χ2v) is 7.22. The molecule has 0 radical (unpaired) electrons. The molecule has 2 rings (SSSR count). The molecule has 2 aliphatic rings. The molecule has 20 heavy (non-hydrogen) atoms. The highest BCUT2D eigenvalue weighted by Crippen LogP contribution is 2.35. The highest BCUT2D eigenvalue weighted by molar-refractivity contribution is 4.86. The minimum Gasteiger partial charge on any atom is -0.381 e. The van der Waals surface area contributed by atoms with Crippen LogP contribution in [0.1, 0.15) is 51.4 Å². The van der Waals surface area contributed by atoms with Crippen LogP contribution in [0.15, 0.2) is 0 Å². The Balaban J connectivity index is 1.85. The van der Waals surface area contributed by atoms with E-state index in [-0.39, 0.29) is 0 Å². The normalized spacial score (nSPS) is 27.4. The summed E-state index contributed by atoms with van der Waals surface area (Å²) in [6.45, 7) is 5.60. The van der Waals surface area contributed by atoms with Gasteiger partial charge in [-0.05, 0) is 51.1 Å². The summed E-state index contributed by atoms with van der Waals surface area (Å²) < 4.78 is 5.63. The minimum absolute atomic E-state index is 0.509. The molecule has 3 heteroatoms. The third kappa shape index (κ3) is 5.01. The van der Waals surface area contributed by atoms with Gasteiger partial charge in [0, 0.05) is 26.2 Å². The van der Waals surface area contributed by atoms with E-state index < -0.39 is 0 Å². The lowest BCUT2D eigenvalue weighted by atomic mass is 9.79. The summed E-state index contributed by atoms with van der Waals surface area (Å²) in [5.74, 6) is 0.756. The smallest absolute Gasteiger partial charge is 0.0506 e. The van der Waals surface area contributed by atoms with E-state index in [0.717, 1.165) is 19.1 Å². The average molecular weight is 282 g/mol. The lowest BCUT2D eigenvalue weighted by molar-refractivity contribution is 0.0339. The number of nitrogens with one attached hydrogen (secondary N) is 1. The Labute approximate surface area is 125 Å². The molecular formula is C17H34N2O. The number of nitrogens with zero attached hydrogens (tertiary/aromatic N) is 1. The Morgan fingerprint density at radius 2 is 1.90 bits per heavy atom. The van der Waals surface area contributed by atoms with Crippen molar-refractivity contribution in [2.75, 3.05) is 46.9 Å². The highest BCUT2D eigenvalue weighted by atomic mass is 16.5. The Kier molecular flexibility index (Phi) is 6.79. The largest absolute Gasteiger partial charge is 0.381 e. The van der Waals surface area contributed by atoms with Crippen LogP contribution in [0.4, 0.5) is 0 Å². The van der Waals surface area contributed by atoms with Crippen molar-refractivity contribution in [2.24, 2.45) is 11.3 Å². The van der Waals surface area contributed by atoms with E-state index in [0.29, 0.717) is 5.41 Å². The SMILES string of the molecule is CNCC1(CN(C)CC2CCCOC2)CCCCCC1. The molecule has 0 spiro atoms. The van der Waals surface area contributed by atoms with Crippen LogP contribution in [0.3, 0.4) is 0 Å². The van der Waals surface area contributed by atoms with Gasteiger partial charge in [-0.15, -0.1) is 0 Å². The first-order chi connectivity index (χ1) is 9.74. The van der Waals surface area contributed by atoms with E-state index in [1.807, 2.05) is 0 Å². The third-order valence-electron chi connectivity index (χ3n) is 5.15. The van der Waals surface area contributed by atoms with Gasteiger partial charge >= 0.3 is 0 Å². The van der Waals surface area contributed by atoms with Crippen molar-refractivity contribution in [3.8, 4) is 0 Å². The maximum absolute atomic E-state index is 5.63. The Hall–Kier alpha value is -0.120. The summed E-state index contributed by atoms with van der Waals surface area (Å²) in [5.41, 5.74) is 0.509. The van der Waals surface area contributed by atoms with E-state index in [2.05, 4.69) is 24.3 Å². The molecule has 1 unspecified atom stereocenters. The molecule has 1 heterocycles. The molecule has 1 atom stereocenters. The summed E-state index contributed by atoms with van der Waals surface area (Å²) in [6, 6.07) is 0. The third-order valence-corrected chi connectivity index (χ3v) is 5.15. The van der Waals surface area contributed by atoms with E-state index in [1.165, 1.54) is 71.0 Å². The predicted octanol–water partition coefficient (Wildman–Crippen LogP) is 2.90. The molecule has 1 saturated heterocycles. The number of hydrogen-bond acceptors (Lipinski definition) is 3. The lowest BCUT2D eigenvalue weighted by Crippen LogP contribution is -2.44. The second-order valence-electron chi connectivity index (χ2n) is 7.22. The summed E-state index contributed by atoms with van der Waals surface area (Å²) in [5, 5.41) is 3.46. The van der Waals surface area contributed by atoms with Crippen molar-refractivity contribution in [1.82, 2.24) is 10.2 Å². The fourth-order valence-electron chi connectivity index (χ4n) is 4.27. The fourth-order valence-corrected chi connectivity index (χ4v) is 4.27. The van der Waals surface area contributed by atoms with E-state index >= 15 is 0 Å². The minimum atomic E-state index is 0.509. The Bertz CT molecular complexity index is 256. The molecular weight excluding hydrogens is 248 g/mol. The molecule has 0 bridgehead atoms. The zero-order valence-corrected chi connectivity index (χ0v) is 13.6. The van der Waals surface area contributed by atoms with Crippen molar-refractivity contribution in [3.63, 3.8) is 0 Å². The molecule has 3 nitrogen and oxygen atoms in total. The molecule has 0 aromatic heterocycles. The van der Waals surface area contributed by atoms with Gasteiger partial charge < -0.3 is 15.0 Å². The van der Waals surface area contributed by atoms with Gasteiger partial charge in [-0.3, -0.25) is 0 Å². The standard InChI is InChI=1S/C17H34N2O/c1-18-14-17(9-5-3-4-6-10-17)15-19(2)12-16-8-7-11-20-13-16/h16,18H,3-15H2,1-2H3. The van der Waals surface area contributed by atoms with Crippen LogP contribution in [0.5, 0.6) is 0 Å². The molecule has 0 amide bonds. The summed E-state index contributed by atoms with van der Waals surface area (Å²) in [7, 11) is 4.43. The molecule has 1 saturated carbocycles. The van der Waals surface area contributed by atoms with Gasteiger partial charge in [-0.2, -0.15) is 0 Å². The van der Waals surface area contributed by atoms with Gasteiger partial charge in [0.05, 0.1) is 6.61 Å². The second kappa shape index (κ2) is 8.35. The van der Waals surface area contributed by atoms with E-state index in [9.17, 15) is 0 Å². The number of hydrogen-bond donors (Lipinski definition) is 1. The summed E-state index contributed by atoms with van der Waals surface area (Å²) in [6.07, 6.45) is 11.1. The first-order valence-electron chi connectivity index (χ1n) is 8.65. The van der Waals surface area contributed by atoms with Crippen LogP contribution < -0.4 is 5.32 Å². The van der Waals surface area contributed by atoms with Gasteiger partial charge in [0.2, 0.25) is 0 Å².